The molecule has 0 bridgehead atoms. The zero-order valence-electron chi connectivity index (χ0n) is 10.2. The Morgan fingerprint density at radius 2 is 2.17 bits per heavy atom. The summed E-state index contributed by atoms with van der Waals surface area (Å²) in [7, 11) is -3.55. The molecule has 1 heterocycles. The topological polar surface area (TPSA) is 92.7 Å². The maximum absolute atomic E-state index is 11.9. The van der Waals surface area contributed by atoms with Gasteiger partial charge in [-0.25, -0.2) is 8.42 Å². The van der Waals surface area contributed by atoms with E-state index in [1.807, 2.05) is 0 Å². The van der Waals surface area contributed by atoms with Crippen LogP contribution in [0.1, 0.15) is 32.1 Å². The van der Waals surface area contributed by atoms with Crippen molar-refractivity contribution in [3.05, 3.63) is 0 Å². The third-order valence-corrected chi connectivity index (χ3v) is 5.28. The fourth-order valence-electron chi connectivity index (χ4n) is 2.31. The number of carboxylic acid groups (broad SMARTS) is 1. The first-order valence-electron chi connectivity index (χ1n) is 6.26. The third kappa shape index (κ3) is 3.02. The largest absolute Gasteiger partial charge is 0.480 e. The molecule has 0 aromatic heterocycles. The maximum atomic E-state index is 11.9. The summed E-state index contributed by atoms with van der Waals surface area (Å²) in [5, 5.41) is 9.15. The number of aliphatic carboxylic acids is 1. The van der Waals surface area contributed by atoms with Gasteiger partial charge in [0, 0.05) is 13.0 Å². The lowest BCUT2D eigenvalue weighted by Crippen LogP contribution is -2.55. The maximum Gasteiger partial charge on any atom is 0.327 e. The van der Waals surface area contributed by atoms with Crippen LogP contribution in [0.5, 0.6) is 0 Å². The molecule has 1 saturated carbocycles. The Balaban J connectivity index is 1.94. The van der Waals surface area contributed by atoms with Crippen molar-refractivity contribution < 1.29 is 23.1 Å². The van der Waals surface area contributed by atoms with E-state index in [1.54, 1.807) is 0 Å². The van der Waals surface area contributed by atoms with Gasteiger partial charge in [0.15, 0.2) is 5.54 Å². The molecule has 1 atom stereocenters. The van der Waals surface area contributed by atoms with E-state index in [9.17, 15) is 13.2 Å². The van der Waals surface area contributed by atoms with E-state index >= 15 is 0 Å². The van der Waals surface area contributed by atoms with Gasteiger partial charge in [-0.05, 0) is 12.3 Å². The quantitative estimate of drug-likeness (QED) is 0.730. The Morgan fingerprint density at radius 1 is 1.44 bits per heavy atom. The number of ether oxygens (including phenoxy) is 1. The Labute approximate surface area is 107 Å². The van der Waals surface area contributed by atoms with Crippen molar-refractivity contribution in [3.8, 4) is 0 Å². The zero-order valence-corrected chi connectivity index (χ0v) is 11.0. The van der Waals surface area contributed by atoms with Crippen LogP contribution >= 0.6 is 0 Å². The number of hydrogen-bond donors (Lipinski definition) is 2. The summed E-state index contributed by atoms with van der Waals surface area (Å²) in [6.45, 7) is 0.183. The van der Waals surface area contributed by atoms with Gasteiger partial charge in [-0.1, -0.05) is 19.3 Å². The lowest BCUT2D eigenvalue weighted by Gasteiger charge is -2.27. The molecule has 1 aliphatic carbocycles. The number of carboxylic acids is 1. The van der Waals surface area contributed by atoms with Gasteiger partial charge in [0.2, 0.25) is 10.0 Å². The molecule has 0 spiro atoms. The molecule has 0 aromatic carbocycles. The first-order valence-corrected chi connectivity index (χ1v) is 7.92. The molecule has 2 fully saturated rings. The second kappa shape index (κ2) is 5.14. The van der Waals surface area contributed by atoms with Crippen LogP contribution in [0.2, 0.25) is 0 Å². The lowest BCUT2D eigenvalue weighted by atomic mass is 9.84. The van der Waals surface area contributed by atoms with Crippen LogP contribution in [0.25, 0.3) is 0 Å². The molecule has 2 rings (SSSR count). The average Bonchev–Trinajstić information content (AvgIpc) is 2.64. The van der Waals surface area contributed by atoms with E-state index in [0.29, 0.717) is 12.3 Å². The van der Waals surface area contributed by atoms with Crippen LogP contribution in [0, 0.1) is 5.92 Å². The van der Waals surface area contributed by atoms with Gasteiger partial charge in [-0.15, -0.1) is 0 Å². The van der Waals surface area contributed by atoms with Crippen molar-refractivity contribution in [2.24, 2.45) is 5.92 Å². The van der Waals surface area contributed by atoms with Crippen LogP contribution in [0.4, 0.5) is 0 Å². The highest BCUT2D eigenvalue weighted by Gasteiger charge is 2.45. The first kappa shape index (κ1) is 13.8. The molecule has 7 heteroatoms. The Hall–Kier alpha value is -0.660. The normalized spacial score (nSPS) is 29.1. The molecule has 0 aromatic rings. The predicted molar refractivity (Wildman–Crippen MR) is 64.7 cm³/mol. The number of hydrogen-bond acceptors (Lipinski definition) is 4. The molecule has 1 unspecified atom stereocenters. The zero-order chi connectivity index (χ0) is 13.2. The highest BCUT2D eigenvalue weighted by molar-refractivity contribution is 7.89. The predicted octanol–water partition coefficient (Wildman–Crippen LogP) is 0.340. The number of nitrogens with one attached hydrogen (secondary N) is 1. The van der Waals surface area contributed by atoms with E-state index in [1.165, 1.54) is 6.42 Å². The highest BCUT2D eigenvalue weighted by atomic mass is 32.2. The molecule has 2 N–H and O–H groups in total. The minimum absolute atomic E-state index is 0.00664. The Kier molecular flexibility index (Phi) is 3.93. The molecule has 1 aliphatic heterocycles. The van der Waals surface area contributed by atoms with Gasteiger partial charge < -0.3 is 9.84 Å². The van der Waals surface area contributed by atoms with E-state index < -0.39 is 21.5 Å². The fraction of sp³-hybridized carbons (Fsp3) is 0.909. The SMILES string of the molecule is O=C(O)C1(NS(=O)(=O)CCC2CCC2)CCOC1. The Bertz CT molecular complexity index is 409. The molecular formula is C11H19NO5S. The van der Waals surface area contributed by atoms with E-state index in [2.05, 4.69) is 4.72 Å². The summed E-state index contributed by atoms with van der Waals surface area (Å²) < 4.78 is 31.2. The fourth-order valence-corrected chi connectivity index (χ4v) is 3.90. The van der Waals surface area contributed by atoms with Crippen LogP contribution in [-0.4, -0.2) is 44.0 Å². The molecule has 6 nitrogen and oxygen atoms in total. The van der Waals surface area contributed by atoms with Gasteiger partial charge in [0.1, 0.15) is 0 Å². The molecule has 18 heavy (non-hydrogen) atoms. The van der Waals surface area contributed by atoms with Crippen LogP contribution < -0.4 is 4.72 Å². The minimum atomic E-state index is -3.55. The molecule has 2 aliphatic rings. The average molecular weight is 277 g/mol. The van der Waals surface area contributed by atoms with Crippen LogP contribution in [0.15, 0.2) is 0 Å². The highest BCUT2D eigenvalue weighted by Crippen LogP contribution is 2.30. The van der Waals surface area contributed by atoms with Crippen molar-refractivity contribution in [1.29, 1.82) is 0 Å². The van der Waals surface area contributed by atoms with Gasteiger partial charge >= 0.3 is 5.97 Å². The lowest BCUT2D eigenvalue weighted by molar-refractivity contribution is -0.144. The monoisotopic (exact) mass is 277 g/mol. The van der Waals surface area contributed by atoms with Crippen molar-refractivity contribution in [1.82, 2.24) is 4.72 Å². The molecular weight excluding hydrogens is 258 g/mol. The molecule has 1 saturated heterocycles. The van der Waals surface area contributed by atoms with Gasteiger partial charge in [-0.2, -0.15) is 4.72 Å². The first-order chi connectivity index (χ1) is 8.44. The molecule has 0 radical (unpaired) electrons. The van der Waals surface area contributed by atoms with Gasteiger partial charge in [-0.3, -0.25) is 4.79 Å². The summed E-state index contributed by atoms with van der Waals surface area (Å²) in [6, 6.07) is 0. The van der Waals surface area contributed by atoms with Crippen LogP contribution in [-0.2, 0) is 19.6 Å². The van der Waals surface area contributed by atoms with Crippen molar-refractivity contribution in [2.75, 3.05) is 19.0 Å². The number of rotatable bonds is 6. The third-order valence-electron chi connectivity index (χ3n) is 3.80. The Morgan fingerprint density at radius 3 is 2.61 bits per heavy atom. The van der Waals surface area contributed by atoms with Crippen LogP contribution in [0.3, 0.4) is 0 Å². The van der Waals surface area contributed by atoms with E-state index in [0.717, 1.165) is 12.8 Å². The van der Waals surface area contributed by atoms with Crippen molar-refractivity contribution >= 4 is 16.0 Å². The van der Waals surface area contributed by atoms with Crippen molar-refractivity contribution in [3.63, 3.8) is 0 Å². The van der Waals surface area contributed by atoms with E-state index in [-0.39, 0.29) is 25.4 Å². The second-order valence-electron chi connectivity index (χ2n) is 5.20. The summed E-state index contributed by atoms with van der Waals surface area (Å²) in [5.41, 5.74) is -1.46. The number of sulfonamides is 1. The summed E-state index contributed by atoms with van der Waals surface area (Å²) in [4.78, 5) is 11.2. The molecule has 104 valence electrons. The minimum Gasteiger partial charge on any atom is -0.480 e. The standard InChI is InChI=1S/C11H19NO5S/c13-10(14)11(5-6-17-8-11)12-18(15,16)7-4-9-2-1-3-9/h9,12H,1-8H2,(H,13,14). The number of carbonyl (C=O) groups is 1. The van der Waals surface area contributed by atoms with Gasteiger partial charge in [0.25, 0.3) is 0 Å². The summed E-state index contributed by atoms with van der Waals surface area (Å²) >= 11 is 0. The van der Waals surface area contributed by atoms with E-state index in [4.69, 9.17) is 9.84 Å². The summed E-state index contributed by atoms with van der Waals surface area (Å²) in [5.74, 6) is -0.665. The second-order valence-corrected chi connectivity index (χ2v) is 7.04. The smallest absolute Gasteiger partial charge is 0.327 e. The van der Waals surface area contributed by atoms with Crippen molar-refractivity contribution in [2.45, 2.75) is 37.6 Å². The molecule has 0 amide bonds. The summed E-state index contributed by atoms with van der Waals surface area (Å²) in [6.07, 6.45) is 4.15. The van der Waals surface area contributed by atoms with Gasteiger partial charge in [0.05, 0.1) is 12.4 Å².